The molecule has 1 unspecified atom stereocenters. The molecule has 180 valence electrons. The minimum Gasteiger partial charge on any atom is -0.357 e. The van der Waals surface area contributed by atoms with Crippen molar-refractivity contribution in [1.82, 2.24) is 20.6 Å². The Bertz CT molecular complexity index is 885. The highest BCUT2D eigenvalue weighted by atomic mass is 127. The minimum absolute atomic E-state index is 0. The first-order valence-electron chi connectivity index (χ1n) is 11.8. The fourth-order valence-corrected chi connectivity index (χ4v) is 4.36. The Labute approximate surface area is 213 Å². The van der Waals surface area contributed by atoms with Gasteiger partial charge in [0.1, 0.15) is 5.82 Å². The second kappa shape index (κ2) is 12.9. The summed E-state index contributed by atoms with van der Waals surface area (Å²) in [7, 11) is 0. The molecule has 2 aliphatic rings. The van der Waals surface area contributed by atoms with Crippen LogP contribution in [0, 0.1) is 5.82 Å². The fraction of sp³-hybridized carbons (Fsp3) is 0.542. The van der Waals surface area contributed by atoms with Crippen LogP contribution in [0.5, 0.6) is 0 Å². The molecule has 0 aliphatic carbocycles. The molecule has 0 saturated carbocycles. The summed E-state index contributed by atoms with van der Waals surface area (Å²) < 4.78 is 14.1. The molecule has 2 aliphatic heterocycles. The minimum atomic E-state index is -0.273. The molecule has 2 aromatic heterocycles. The van der Waals surface area contributed by atoms with Gasteiger partial charge in [-0.25, -0.2) is 19.4 Å². The number of pyridine rings is 2. The summed E-state index contributed by atoms with van der Waals surface area (Å²) >= 11 is 0. The van der Waals surface area contributed by atoms with Gasteiger partial charge in [-0.3, -0.25) is 0 Å². The highest BCUT2D eigenvalue weighted by Crippen LogP contribution is 2.21. The smallest absolute Gasteiger partial charge is 0.191 e. The molecular weight excluding hydrogens is 532 g/mol. The average Bonchev–Trinajstić information content (AvgIpc) is 3.10. The van der Waals surface area contributed by atoms with Gasteiger partial charge in [0.15, 0.2) is 17.6 Å². The number of aromatic nitrogens is 2. The lowest BCUT2D eigenvalue weighted by Crippen LogP contribution is -2.44. The highest BCUT2D eigenvalue weighted by molar-refractivity contribution is 14.0. The van der Waals surface area contributed by atoms with Gasteiger partial charge < -0.3 is 20.4 Å². The van der Waals surface area contributed by atoms with Crippen LogP contribution in [0.4, 0.5) is 16.0 Å². The second-order valence-corrected chi connectivity index (χ2v) is 8.51. The van der Waals surface area contributed by atoms with Gasteiger partial charge in [-0.1, -0.05) is 18.9 Å². The summed E-state index contributed by atoms with van der Waals surface area (Å²) in [5.41, 5.74) is 1.09. The van der Waals surface area contributed by atoms with E-state index >= 15 is 0 Å². The van der Waals surface area contributed by atoms with E-state index in [0.29, 0.717) is 18.9 Å². The maximum Gasteiger partial charge on any atom is 0.191 e. The molecule has 9 heteroatoms. The molecule has 2 aromatic rings. The predicted octanol–water partition coefficient (Wildman–Crippen LogP) is 3.95. The van der Waals surface area contributed by atoms with Gasteiger partial charge in [0, 0.05) is 51.2 Å². The maximum atomic E-state index is 14.1. The van der Waals surface area contributed by atoms with Gasteiger partial charge in [-0.05, 0) is 49.9 Å². The van der Waals surface area contributed by atoms with E-state index in [9.17, 15) is 4.39 Å². The van der Waals surface area contributed by atoms with Crippen molar-refractivity contribution in [1.29, 1.82) is 0 Å². The number of aliphatic imine (C=N–C) groups is 1. The highest BCUT2D eigenvalue weighted by Gasteiger charge is 2.26. The van der Waals surface area contributed by atoms with Crippen LogP contribution in [0.25, 0.3) is 0 Å². The summed E-state index contributed by atoms with van der Waals surface area (Å²) in [4.78, 5) is 18.0. The van der Waals surface area contributed by atoms with E-state index in [1.54, 1.807) is 12.3 Å². The third-order valence-corrected chi connectivity index (χ3v) is 6.07. The van der Waals surface area contributed by atoms with E-state index in [-0.39, 0.29) is 35.8 Å². The van der Waals surface area contributed by atoms with Gasteiger partial charge in [-0.15, -0.1) is 24.0 Å². The van der Waals surface area contributed by atoms with Crippen LogP contribution in [0.2, 0.25) is 0 Å². The van der Waals surface area contributed by atoms with Crippen LogP contribution in [0.15, 0.2) is 41.7 Å². The summed E-state index contributed by atoms with van der Waals surface area (Å²) in [5, 5.41) is 6.81. The molecule has 33 heavy (non-hydrogen) atoms. The number of nitrogens with zero attached hydrogens (tertiary/aromatic N) is 5. The summed E-state index contributed by atoms with van der Waals surface area (Å²) in [5.74, 6) is 1.99. The van der Waals surface area contributed by atoms with E-state index in [2.05, 4.69) is 44.6 Å². The lowest BCUT2D eigenvalue weighted by molar-refractivity contribution is 0.612. The topological polar surface area (TPSA) is 68.7 Å². The molecule has 7 nitrogen and oxygen atoms in total. The molecule has 2 fully saturated rings. The zero-order valence-corrected chi connectivity index (χ0v) is 21.7. The zero-order chi connectivity index (χ0) is 22.2. The van der Waals surface area contributed by atoms with Gasteiger partial charge in [0.2, 0.25) is 0 Å². The lowest BCUT2D eigenvalue weighted by Gasteiger charge is -2.21. The standard InChI is InChI=1S/C24H34FN7.HI/c1-2-26-24(30-20-11-15-32(18-20)23-21(25)8-7-12-27-23)29-17-19-9-10-22(28-16-19)31-13-5-3-4-6-14-31;/h7-10,12,16,20H,2-6,11,13-15,17-18H2,1H3,(H2,26,29,30);1H. The second-order valence-electron chi connectivity index (χ2n) is 8.51. The molecule has 2 saturated heterocycles. The monoisotopic (exact) mass is 567 g/mol. The first-order chi connectivity index (χ1) is 15.7. The Morgan fingerprint density at radius 1 is 1.09 bits per heavy atom. The van der Waals surface area contributed by atoms with Crippen molar-refractivity contribution >= 4 is 41.6 Å². The first kappa shape index (κ1) is 25.5. The van der Waals surface area contributed by atoms with Crippen molar-refractivity contribution in [2.45, 2.75) is 51.6 Å². The number of halogens is 2. The van der Waals surface area contributed by atoms with E-state index in [1.165, 1.54) is 31.7 Å². The fourth-order valence-electron chi connectivity index (χ4n) is 4.36. The van der Waals surface area contributed by atoms with Crippen molar-refractivity contribution in [2.24, 2.45) is 4.99 Å². The molecule has 0 radical (unpaired) electrons. The number of nitrogens with one attached hydrogen (secondary N) is 2. The zero-order valence-electron chi connectivity index (χ0n) is 19.3. The summed E-state index contributed by atoms with van der Waals surface area (Å²) in [6, 6.07) is 7.52. The van der Waals surface area contributed by atoms with Gasteiger partial charge in [-0.2, -0.15) is 0 Å². The maximum absolute atomic E-state index is 14.1. The van der Waals surface area contributed by atoms with Gasteiger partial charge in [0.25, 0.3) is 0 Å². The van der Waals surface area contributed by atoms with Crippen LogP contribution in [-0.2, 0) is 6.54 Å². The Morgan fingerprint density at radius 3 is 2.61 bits per heavy atom. The van der Waals surface area contributed by atoms with Crippen LogP contribution in [0.3, 0.4) is 0 Å². The molecule has 0 bridgehead atoms. The third kappa shape index (κ3) is 7.15. The van der Waals surface area contributed by atoms with E-state index < -0.39 is 0 Å². The van der Waals surface area contributed by atoms with E-state index in [1.807, 2.05) is 11.1 Å². The van der Waals surface area contributed by atoms with Crippen LogP contribution >= 0.6 is 24.0 Å². The lowest BCUT2D eigenvalue weighted by atomic mass is 10.2. The number of guanidine groups is 1. The first-order valence-corrected chi connectivity index (χ1v) is 11.8. The van der Waals surface area contributed by atoms with Crippen molar-refractivity contribution < 1.29 is 4.39 Å². The van der Waals surface area contributed by atoms with Crippen LogP contribution in [-0.4, -0.2) is 54.7 Å². The SMILES string of the molecule is CCNC(=NCc1ccc(N2CCCCCC2)nc1)NC1CCN(c2ncccc2F)C1.I. The largest absolute Gasteiger partial charge is 0.357 e. The van der Waals surface area contributed by atoms with Crippen molar-refractivity contribution in [3.63, 3.8) is 0 Å². The van der Waals surface area contributed by atoms with Gasteiger partial charge >= 0.3 is 0 Å². The molecular formula is C24H35FIN7. The molecule has 0 aromatic carbocycles. The van der Waals surface area contributed by atoms with Crippen molar-refractivity contribution in [3.8, 4) is 0 Å². The molecule has 0 spiro atoms. The molecule has 4 rings (SSSR count). The molecule has 2 N–H and O–H groups in total. The Balaban J connectivity index is 0.00000306. The van der Waals surface area contributed by atoms with Crippen molar-refractivity contribution in [2.75, 3.05) is 42.5 Å². The quantitative estimate of drug-likeness (QED) is 0.313. The van der Waals surface area contributed by atoms with Crippen molar-refractivity contribution in [3.05, 3.63) is 48.0 Å². The predicted molar refractivity (Wildman–Crippen MR) is 143 cm³/mol. The molecule has 4 heterocycles. The normalized spacial score (nSPS) is 19.1. The number of anilines is 2. The van der Waals surface area contributed by atoms with E-state index in [0.717, 1.165) is 49.9 Å². The average molecular weight is 567 g/mol. The van der Waals surface area contributed by atoms with E-state index in [4.69, 9.17) is 4.99 Å². The number of hydrogen-bond acceptors (Lipinski definition) is 5. The molecule has 1 atom stereocenters. The number of hydrogen-bond donors (Lipinski definition) is 2. The Hall–Kier alpha value is -2.17. The van der Waals surface area contributed by atoms with Crippen LogP contribution in [0.1, 0.15) is 44.6 Å². The van der Waals surface area contributed by atoms with Gasteiger partial charge in [0.05, 0.1) is 6.54 Å². The van der Waals surface area contributed by atoms with Crippen LogP contribution < -0.4 is 20.4 Å². The molecule has 0 amide bonds. The Morgan fingerprint density at radius 2 is 1.91 bits per heavy atom. The number of rotatable bonds is 6. The third-order valence-electron chi connectivity index (χ3n) is 6.07. The summed E-state index contributed by atoms with van der Waals surface area (Å²) in [6.45, 7) is 7.06. The Kier molecular flexibility index (Phi) is 9.95. The summed E-state index contributed by atoms with van der Waals surface area (Å²) in [6.07, 6.45) is 9.62.